The van der Waals surface area contributed by atoms with Gasteiger partial charge in [-0.2, -0.15) is 5.10 Å². The minimum Gasteiger partial charge on any atom is -0.345 e. The van der Waals surface area contributed by atoms with E-state index in [0.717, 1.165) is 18.5 Å². The average molecular weight is 344 g/mol. The number of rotatable bonds is 4. The quantitative estimate of drug-likeness (QED) is 0.703. The second kappa shape index (κ2) is 5.52. The van der Waals surface area contributed by atoms with Crippen molar-refractivity contribution in [1.29, 1.82) is 0 Å². The van der Waals surface area contributed by atoms with Crippen molar-refractivity contribution in [1.82, 2.24) is 30.2 Å². The Morgan fingerprint density at radius 3 is 3.00 bits per heavy atom. The lowest BCUT2D eigenvalue weighted by Crippen LogP contribution is -2.25. The number of amides is 1. The van der Waals surface area contributed by atoms with Crippen LogP contribution >= 0.6 is 12.2 Å². The number of nitrogens with zero attached hydrogens (tertiary/aromatic N) is 4. The number of pyridine rings is 1. The first kappa shape index (κ1) is 15.0. The number of carbonyl (C=O) groups is 1. The molecule has 0 aromatic carbocycles. The summed E-state index contributed by atoms with van der Waals surface area (Å²) in [7, 11) is 1.80. The Morgan fingerprint density at radius 2 is 2.33 bits per heavy atom. The van der Waals surface area contributed by atoms with Crippen molar-refractivity contribution in [2.45, 2.75) is 32.2 Å². The van der Waals surface area contributed by atoms with Crippen molar-refractivity contribution in [3.05, 3.63) is 33.6 Å². The monoisotopic (exact) mass is 344 g/mol. The molecular weight excluding hydrogens is 328 g/mol. The van der Waals surface area contributed by atoms with Gasteiger partial charge in [-0.3, -0.25) is 9.89 Å². The maximum atomic E-state index is 12.7. The molecule has 0 radical (unpaired) electrons. The second-order valence-corrected chi connectivity index (χ2v) is 6.39. The van der Waals surface area contributed by atoms with Crippen LogP contribution in [-0.4, -0.2) is 30.8 Å². The van der Waals surface area contributed by atoms with Crippen molar-refractivity contribution in [3.63, 3.8) is 0 Å². The number of H-pyrrole nitrogens is 1. The van der Waals surface area contributed by atoms with Crippen LogP contribution in [0.1, 0.15) is 46.3 Å². The minimum atomic E-state index is -0.204. The van der Waals surface area contributed by atoms with Crippen LogP contribution < -0.4 is 5.32 Å². The van der Waals surface area contributed by atoms with Crippen LogP contribution in [0.15, 0.2) is 10.6 Å². The van der Waals surface area contributed by atoms with Gasteiger partial charge in [-0.1, -0.05) is 5.16 Å². The van der Waals surface area contributed by atoms with Gasteiger partial charge in [0.15, 0.2) is 10.6 Å². The number of aryl methyl sites for hydroxylation is 1. The van der Waals surface area contributed by atoms with Gasteiger partial charge in [0.2, 0.25) is 0 Å². The molecule has 1 fully saturated rings. The lowest BCUT2D eigenvalue weighted by atomic mass is 10.1. The largest absolute Gasteiger partial charge is 0.345 e. The standard InChI is InChI=1S/C15H16N6O2S/c1-7-12-9(5-10(8-3-4-8)17-14(12)23-20-7)13(22)16-6-11-18-19-15(24)21(11)2/h5,8H,3-4,6H2,1-2H3,(H,16,22)(H,19,24). The van der Waals surface area contributed by atoms with Crippen molar-refractivity contribution in [2.24, 2.45) is 7.05 Å². The van der Waals surface area contributed by atoms with Crippen molar-refractivity contribution in [2.75, 3.05) is 0 Å². The van der Waals surface area contributed by atoms with E-state index in [0.29, 0.717) is 38.9 Å². The molecule has 4 rings (SSSR count). The molecule has 1 aliphatic carbocycles. The van der Waals surface area contributed by atoms with E-state index in [1.165, 1.54) is 0 Å². The zero-order chi connectivity index (χ0) is 16.8. The van der Waals surface area contributed by atoms with E-state index < -0.39 is 0 Å². The number of hydrogen-bond donors (Lipinski definition) is 2. The lowest BCUT2D eigenvalue weighted by molar-refractivity contribution is 0.0951. The maximum absolute atomic E-state index is 12.7. The summed E-state index contributed by atoms with van der Waals surface area (Å²) in [5.41, 5.74) is 2.50. The van der Waals surface area contributed by atoms with Crippen molar-refractivity contribution >= 4 is 29.2 Å². The highest BCUT2D eigenvalue weighted by Gasteiger charge is 2.28. The topological polar surface area (TPSA) is 102 Å². The van der Waals surface area contributed by atoms with Gasteiger partial charge in [0, 0.05) is 18.7 Å². The van der Waals surface area contributed by atoms with Crippen LogP contribution in [0.2, 0.25) is 0 Å². The Bertz CT molecular complexity index is 997. The van der Waals surface area contributed by atoms with Crippen molar-refractivity contribution < 1.29 is 9.32 Å². The molecule has 9 heteroatoms. The first-order valence-corrected chi connectivity index (χ1v) is 8.11. The zero-order valence-electron chi connectivity index (χ0n) is 13.3. The summed E-state index contributed by atoms with van der Waals surface area (Å²) in [5, 5.41) is 14.3. The molecule has 0 saturated heterocycles. The molecule has 1 saturated carbocycles. The van der Waals surface area contributed by atoms with Gasteiger partial charge >= 0.3 is 0 Å². The summed E-state index contributed by atoms with van der Waals surface area (Å²) in [5.74, 6) is 0.867. The predicted octanol–water partition coefficient (Wildman–Crippen LogP) is 2.13. The molecule has 0 bridgehead atoms. The van der Waals surface area contributed by atoms with E-state index in [2.05, 4.69) is 25.7 Å². The zero-order valence-corrected chi connectivity index (χ0v) is 14.1. The SMILES string of the molecule is Cc1noc2nc(C3CC3)cc(C(=O)NCc3n[nH]c(=S)n3C)c12. The average Bonchev–Trinajstić information content (AvgIpc) is 3.30. The highest BCUT2D eigenvalue weighted by molar-refractivity contribution is 7.71. The van der Waals surface area contributed by atoms with Gasteiger partial charge in [0.1, 0.15) is 0 Å². The fourth-order valence-electron chi connectivity index (χ4n) is 2.67. The van der Waals surface area contributed by atoms with Crippen molar-refractivity contribution in [3.8, 4) is 0 Å². The van der Waals surface area contributed by atoms with Gasteiger partial charge in [0.05, 0.1) is 23.2 Å². The number of fused-ring (bicyclic) bond motifs is 1. The molecule has 0 aliphatic heterocycles. The smallest absolute Gasteiger partial charge is 0.259 e. The van der Waals surface area contributed by atoms with E-state index in [-0.39, 0.29) is 12.5 Å². The van der Waals surface area contributed by atoms with Crippen LogP contribution in [-0.2, 0) is 13.6 Å². The highest BCUT2D eigenvalue weighted by Crippen LogP contribution is 2.40. The Balaban J connectivity index is 1.66. The molecular formula is C15H16N6O2S. The Hall–Kier alpha value is -2.55. The van der Waals surface area contributed by atoms with Crippen LogP contribution in [0.3, 0.4) is 0 Å². The number of hydrogen-bond acceptors (Lipinski definition) is 6. The van der Waals surface area contributed by atoms with Gasteiger partial charge in [-0.25, -0.2) is 4.98 Å². The molecule has 1 aliphatic rings. The molecule has 124 valence electrons. The molecule has 0 unspecified atom stereocenters. The van der Waals surface area contributed by atoms with E-state index in [1.807, 2.05) is 6.07 Å². The summed E-state index contributed by atoms with van der Waals surface area (Å²) < 4.78 is 7.50. The summed E-state index contributed by atoms with van der Waals surface area (Å²) in [4.78, 5) is 17.2. The Morgan fingerprint density at radius 1 is 1.54 bits per heavy atom. The third-order valence-electron chi connectivity index (χ3n) is 4.26. The van der Waals surface area contributed by atoms with Gasteiger partial charge in [-0.05, 0) is 38.0 Å². The third-order valence-corrected chi connectivity index (χ3v) is 4.62. The van der Waals surface area contributed by atoms with Crippen LogP contribution in [0.4, 0.5) is 0 Å². The van der Waals surface area contributed by atoms with E-state index in [1.54, 1.807) is 18.5 Å². The molecule has 3 aromatic rings. The predicted molar refractivity (Wildman–Crippen MR) is 88.1 cm³/mol. The highest BCUT2D eigenvalue weighted by atomic mass is 32.1. The third kappa shape index (κ3) is 2.50. The lowest BCUT2D eigenvalue weighted by Gasteiger charge is -2.07. The Labute approximate surface area is 142 Å². The van der Waals surface area contributed by atoms with Crippen LogP contribution in [0, 0.1) is 11.7 Å². The van der Waals surface area contributed by atoms with Gasteiger partial charge in [-0.15, -0.1) is 0 Å². The minimum absolute atomic E-state index is 0.204. The number of carbonyl (C=O) groups excluding carboxylic acids is 1. The van der Waals surface area contributed by atoms with Gasteiger partial charge in [0.25, 0.3) is 11.6 Å². The first-order valence-electron chi connectivity index (χ1n) is 7.70. The molecule has 1 amide bonds. The molecule has 3 aromatic heterocycles. The molecule has 3 heterocycles. The summed E-state index contributed by atoms with van der Waals surface area (Å²) in [6.45, 7) is 2.08. The number of aromatic amines is 1. The summed E-state index contributed by atoms with van der Waals surface area (Å²) >= 11 is 5.07. The number of aromatic nitrogens is 5. The second-order valence-electron chi connectivity index (χ2n) is 6.00. The number of nitrogens with one attached hydrogen (secondary N) is 2. The first-order chi connectivity index (χ1) is 11.5. The fraction of sp³-hybridized carbons (Fsp3) is 0.400. The molecule has 8 nitrogen and oxygen atoms in total. The molecule has 0 atom stereocenters. The molecule has 2 N–H and O–H groups in total. The normalized spacial score (nSPS) is 14.2. The van der Waals surface area contributed by atoms with E-state index in [9.17, 15) is 4.79 Å². The van der Waals surface area contributed by atoms with Gasteiger partial charge < -0.3 is 14.4 Å². The summed E-state index contributed by atoms with van der Waals surface area (Å²) in [6.07, 6.45) is 2.19. The fourth-order valence-corrected chi connectivity index (χ4v) is 2.82. The van der Waals surface area contributed by atoms with E-state index >= 15 is 0 Å². The summed E-state index contributed by atoms with van der Waals surface area (Å²) in [6, 6.07) is 1.85. The molecule has 24 heavy (non-hydrogen) atoms. The van der Waals surface area contributed by atoms with Crippen LogP contribution in [0.5, 0.6) is 0 Å². The van der Waals surface area contributed by atoms with E-state index in [4.69, 9.17) is 16.7 Å². The Kier molecular flexibility index (Phi) is 3.45. The maximum Gasteiger partial charge on any atom is 0.259 e. The van der Waals surface area contributed by atoms with Crippen LogP contribution in [0.25, 0.3) is 11.1 Å². The molecule has 0 spiro atoms.